The molecular formula is C58H49N. The molecule has 7 aromatic rings. The van der Waals surface area contributed by atoms with Crippen LogP contribution in [0, 0.1) is 5.92 Å². The summed E-state index contributed by atoms with van der Waals surface area (Å²) in [4.78, 5) is 2.38. The molecule has 0 radical (unpaired) electrons. The maximum Gasteiger partial charge on any atom is 0.0465 e. The third kappa shape index (κ3) is 6.71. The molecule has 1 unspecified atom stereocenters. The van der Waals surface area contributed by atoms with Crippen molar-refractivity contribution in [1.82, 2.24) is 0 Å². The van der Waals surface area contributed by atoms with E-state index in [9.17, 15) is 0 Å². The van der Waals surface area contributed by atoms with Gasteiger partial charge in [-0.25, -0.2) is 0 Å². The highest BCUT2D eigenvalue weighted by atomic mass is 15.1. The number of rotatable bonds is 10. The lowest BCUT2D eigenvalue weighted by Gasteiger charge is -2.32. The van der Waals surface area contributed by atoms with E-state index in [-0.39, 0.29) is 5.41 Å². The van der Waals surface area contributed by atoms with Gasteiger partial charge in [-0.1, -0.05) is 183 Å². The van der Waals surface area contributed by atoms with E-state index in [1.807, 2.05) is 0 Å². The van der Waals surface area contributed by atoms with Gasteiger partial charge in [0.2, 0.25) is 0 Å². The first-order chi connectivity index (χ1) is 29.1. The first-order valence-electron chi connectivity index (χ1n) is 21.4. The van der Waals surface area contributed by atoms with Crippen molar-refractivity contribution in [1.29, 1.82) is 0 Å². The molecule has 0 saturated carbocycles. The molecule has 3 aliphatic carbocycles. The largest absolute Gasteiger partial charge is 0.310 e. The number of allylic oxidation sites excluding steroid dienone is 6. The molecule has 3 aliphatic rings. The zero-order valence-electron chi connectivity index (χ0n) is 34.0. The quantitative estimate of drug-likeness (QED) is 0.0991. The Morgan fingerprint density at radius 3 is 1.81 bits per heavy atom. The van der Waals surface area contributed by atoms with Gasteiger partial charge in [-0.2, -0.15) is 0 Å². The first-order valence-corrected chi connectivity index (χ1v) is 21.4. The van der Waals surface area contributed by atoms with Crippen molar-refractivity contribution >= 4 is 34.8 Å². The molecule has 10 rings (SSSR count). The van der Waals surface area contributed by atoms with Gasteiger partial charge in [0.25, 0.3) is 0 Å². The van der Waals surface area contributed by atoms with Gasteiger partial charge in [0, 0.05) is 28.4 Å². The molecule has 0 heterocycles. The molecule has 286 valence electrons. The molecule has 0 bridgehead atoms. The third-order valence-electron chi connectivity index (χ3n) is 13.1. The van der Waals surface area contributed by atoms with Crippen molar-refractivity contribution in [3.8, 4) is 33.4 Å². The van der Waals surface area contributed by atoms with Crippen molar-refractivity contribution in [2.45, 2.75) is 44.9 Å². The van der Waals surface area contributed by atoms with E-state index in [1.54, 1.807) is 0 Å². The van der Waals surface area contributed by atoms with Gasteiger partial charge < -0.3 is 4.90 Å². The summed E-state index contributed by atoms with van der Waals surface area (Å²) < 4.78 is 0. The molecule has 1 heteroatoms. The van der Waals surface area contributed by atoms with Crippen LogP contribution in [0.4, 0.5) is 17.1 Å². The van der Waals surface area contributed by atoms with Gasteiger partial charge in [-0.05, 0) is 135 Å². The van der Waals surface area contributed by atoms with Crippen LogP contribution in [-0.4, -0.2) is 0 Å². The van der Waals surface area contributed by atoms with Crippen LogP contribution in [0.3, 0.4) is 0 Å². The van der Waals surface area contributed by atoms with Crippen LogP contribution in [0.5, 0.6) is 0 Å². The highest BCUT2D eigenvalue weighted by Gasteiger charge is 2.41. The second kappa shape index (κ2) is 15.6. The van der Waals surface area contributed by atoms with Gasteiger partial charge in [0.1, 0.15) is 0 Å². The minimum absolute atomic E-state index is 0.0577. The summed E-state index contributed by atoms with van der Waals surface area (Å²) >= 11 is 0. The third-order valence-corrected chi connectivity index (χ3v) is 13.1. The summed E-state index contributed by atoms with van der Waals surface area (Å²) in [5.41, 5.74) is 20.7. The maximum absolute atomic E-state index is 2.46. The average Bonchev–Trinajstić information content (AvgIpc) is 3.89. The van der Waals surface area contributed by atoms with Crippen molar-refractivity contribution in [2.24, 2.45) is 5.92 Å². The van der Waals surface area contributed by atoms with E-state index in [0.717, 1.165) is 37.1 Å². The average molecular weight is 760 g/mol. The monoisotopic (exact) mass is 759 g/mol. The molecule has 0 aromatic heterocycles. The van der Waals surface area contributed by atoms with Crippen LogP contribution < -0.4 is 4.90 Å². The van der Waals surface area contributed by atoms with Crippen LogP contribution in [-0.2, 0) is 5.41 Å². The van der Waals surface area contributed by atoms with E-state index < -0.39 is 0 Å². The van der Waals surface area contributed by atoms with Crippen molar-refractivity contribution in [2.75, 3.05) is 4.90 Å². The molecule has 0 saturated heterocycles. The zero-order valence-corrected chi connectivity index (χ0v) is 34.0. The number of hydrogen-bond acceptors (Lipinski definition) is 1. The van der Waals surface area contributed by atoms with Crippen LogP contribution in [0.25, 0.3) is 51.1 Å². The van der Waals surface area contributed by atoms with E-state index in [1.165, 1.54) is 78.0 Å². The summed E-state index contributed by atoms with van der Waals surface area (Å²) in [6, 6.07) is 62.5. The molecule has 1 nitrogen and oxygen atoms in total. The number of benzene rings is 7. The van der Waals surface area contributed by atoms with E-state index in [0.29, 0.717) is 5.92 Å². The fourth-order valence-corrected chi connectivity index (χ4v) is 9.91. The Morgan fingerprint density at radius 2 is 1.12 bits per heavy atom. The normalized spacial score (nSPS) is 16.0. The molecule has 0 aliphatic heterocycles. The molecule has 59 heavy (non-hydrogen) atoms. The Hall–Kier alpha value is -6.70. The van der Waals surface area contributed by atoms with Gasteiger partial charge in [-0.15, -0.1) is 0 Å². The van der Waals surface area contributed by atoms with E-state index in [2.05, 4.69) is 225 Å². The SMILES string of the molecule is CCC1(CC)c2cc(/C=C/c3ccc(-c4ccc(-c5ccccc5)cc4C4=CCC5C=CCC5=C4)cc3)ccc2-c2ccc(N(c3ccccc3)c3ccccc3)cc21. The minimum Gasteiger partial charge on any atom is -0.310 e. The van der Waals surface area contributed by atoms with Crippen LogP contribution >= 0.6 is 0 Å². The minimum atomic E-state index is -0.0577. The Bertz CT molecular complexity index is 2720. The fraction of sp³-hybridized carbons (Fsp3) is 0.138. The van der Waals surface area contributed by atoms with Gasteiger partial charge in [-0.3, -0.25) is 0 Å². The summed E-state index contributed by atoms with van der Waals surface area (Å²) in [7, 11) is 0. The second-order valence-corrected chi connectivity index (χ2v) is 16.3. The Labute approximate surface area is 350 Å². The molecule has 1 atom stereocenters. The maximum atomic E-state index is 2.46. The number of fused-ring (bicyclic) bond motifs is 4. The van der Waals surface area contributed by atoms with Crippen LogP contribution in [0.15, 0.2) is 200 Å². The molecule has 0 amide bonds. The summed E-state index contributed by atoms with van der Waals surface area (Å²) in [6.07, 6.45) is 18.4. The van der Waals surface area contributed by atoms with Gasteiger partial charge in [0.15, 0.2) is 0 Å². The number of hydrogen-bond donors (Lipinski definition) is 0. The molecule has 0 N–H and O–H groups in total. The molecule has 0 spiro atoms. The first kappa shape index (κ1) is 36.6. The summed E-state index contributed by atoms with van der Waals surface area (Å²) in [6.45, 7) is 4.71. The fourth-order valence-electron chi connectivity index (χ4n) is 9.91. The Morgan fingerprint density at radius 1 is 0.525 bits per heavy atom. The van der Waals surface area contributed by atoms with Crippen LogP contribution in [0.2, 0.25) is 0 Å². The smallest absolute Gasteiger partial charge is 0.0465 e. The number of anilines is 3. The Kier molecular flexibility index (Phi) is 9.67. The van der Waals surface area contributed by atoms with Crippen molar-refractivity contribution in [3.05, 3.63) is 228 Å². The topological polar surface area (TPSA) is 3.24 Å². The summed E-state index contributed by atoms with van der Waals surface area (Å²) in [5, 5.41) is 0. The van der Waals surface area contributed by atoms with Gasteiger partial charge >= 0.3 is 0 Å². The van der Waals surface area contributed by atoms with Crippen molar-refractivity contribution in [3.63, 3.8) is 0 Å². The predicted octanol–water partition coefficient (Wildman–Crippen LogP) is 16.0. The number of nitrogens with zero attached hydrogens (tertiary/aromatic N) is 1. The van der Waals surface area contributed by atoms with E-state index >= 15 is 0 Å². The Balaban J connectivity index is 0.950. The predicted molar refractivity (Wildman–Crippen MR) is 252 cm³/mol. The highest BCUT2D eigenvalue weighted by Crippen LogP contribution is 2.54. The van der Waals surface area contributed by atoms with Gasteiger partial charge in [0.05, 0.1) is 0 Å². The molecular weight excluding hydrogens is 711 g/mol. The second-order valence-electron chi connectivity index (χ2n) is 16.3. The van der Waals surface area contributed by atoms with E-state index in [4.69, 9.17) is 0 Å². The van der Waals surface area contributed by atoms with Crippen LogP contribution in [0.1, 0.15) is 67.3 Å². The molecule has 0 fully saturated rings. The lowest BCUT2D eigenvalue weighted by atomic mass is 9.73. The highest BCUT2D eigenvalue weighted by molar-refractivity contribution is 5.90. The molecule has 7 aromatic carbocycles. The summed E-state index contributed by atoms with van der Waals surface area (Å²) in [5.74, 6) is 0.565. The lowest BCUT2D eigenvalue weighted by molar-refractivity contribution is 0.490. The lowest BCUT2D eigenvalue weighted by Crippen LogP contribution is -2.23. The standard InChI is InChI=1S/C58H49N/c1-3-58(4-2)56-37-42(27-34-53(56)54-36-33-51(40-57(54)58)59(49-19-10-6-11-20-49)50-21-12-7-13-22-50)24-23-41-25-28-45(29-26-41)52-35-32-47(43-15-8-5-9-16-43)39-55(52)48-31-30-44-17-14-18-46(44)38-48/h5-17,19-29,31-40,44H,3-4,18,30H2,1-2H3/b24-23+. The number of para-hydroxylation sites is 2. The van der Waals surface area contributed by atoms with Crippen molar-refractivity contribution < 1.29 is 0 Å². The zero-order chi connectivity index (χ0) is 39.8.